The van der Waals surface area contributed by atoms with Gasteiger partial charge in [0, 0.05) is 19.1 Å². The van der Waals surface area contributed by atoms with E-state index in [1.54, 1.807) is 0 Å². The zero-order valence-electron chi connectivity index (χ0n) is 9.71. The van der Waals surface area contributed by atoms with E-state index in [-0.39, 0.29) is 0 Å². The predicted molar refractivity (Wildman–Crippen MR) is 61.4 cm³/mol. The van der Waals surface area contributed by atoms with Crippen LogP contribution in [0.3, 0.4) is 0 Å². The van der Waals surface area contributed by atoms with Gasteiger partial charge in [-0.2, -0.15) is 0 Å². The van der Waals surface area contributed by atoms with Gasteiger partial charge in [-0.05, 0) is 39.0 Å². The molecule has 3 nitrogen and oxygen atoms in total. The number of hydrogen-bond acceptors (Lipinski definition) is 3. The lowest BCUT2D eigenvalue weighted by molar-refractivity contribution is 0.168. The molecule has 1 rings (SSSR count). The van der Waals surface area contributed by atoms with Gasteiger partial charge in [-0.3, -0.25) is 4.90 Å². The zero-order chi connectivity index (χ0) is 10.4. The number of nitrogens with zero attached hydrogens (tertiary/aromatic N) is 2. The highest BCUT2D eigenvalue weighted by atomic mass is 15.2. The summed E-state index contributed by atoms with van der Waals surface area (Å²) >= 11 is 0. The topological polar surface area (TPSA) is 32.5 Å². The minimum Gasteiger partial charge on any atom is -0.329 e. The standard InChI is InChI=1S/C11H25N3/c1-3-14(4-2)11(9-12)10-13-7-5-6-8-13/h11H,3-10,12H2,1-2H3. The molecular formula is C11H25N3. The van der Waals surface area contributed by atoms with Crippen LogP contribution in [0.2, 0.25) is 0 Å². The second-order valence-electron chi connectivity index (χ2n) is 4.12. The molecule has 14 heavy (non-hydrogen) atoms. The Kier molecular flexibility index (Phi) is 5.45. The van der Waals surface area contributed by atoms with Crippen molar-refractivity contribution in [3.05, 3.63) is 0 Å². The van der Waals surface area contributed by atoms with Crippen LogP contribution in [0.25, 0.3) is 0 Å². The molecule has 0 spiro atoms. The molecule has 0 aromatic rings. The van der Waals surface area contributed by atoms with E-state index < -0.39 is 0 Å². The van der Waals surface area contributed by atoms with Gasteiger partial charge in [0.15, 0.2) is 0 Å². The minimum atomic E-state index is 0.558. The van der Waals surface area contributed by atoms with E-state index in [2.05, 4.69) is 23.6 Å². The van der Waals surface area contributed by atoms with E-state index in [9.17, 15) is 0 Å². The molecule has 1 fully saturated rings. The van der Waals surface area contributed by atoms with Crippen LogP contribution in [0.4, 0.5) is 0 Å². The minimum absolute atomic E-state index is 0.558. The van der Waals surface area contributed by atoms with Crippen molar-refractivity contribution in [3.63, 3.8) is 0 Å². The van der Waals surface area contributed by atoms with Crippen molar-refractivity contribution in [1.29, 1.82) is 0 Å². The number of nitrogens with two attached hydrogens (primary N) is 1. The molecule has 0 bridgehead atoms. The number of likely N-dealkylation sites (N-methyl/N-ethyl adjacent to an activating group) is 1. The number of hydrogen-bond donors (Lipinski definition) is 1. The SMILES string of the molecule is CCN(CC)C(CN)CN1CCCC1. The summed E-state index contributed by atoms with van der Waals surface area (Å²) in [6.45, 7) is 11.2. The molecular weight excluding hydrogens is 174 g/mol. The Hall–Kier alpha value is -0.120. The Morgan fingerprint density at radius 3 is 2.21 bits per heavy atom. The van der Waals surface area contributed by atoms with Crippen molar-refractivity contribution in [2.24, 2.45) is 5.73 Å². The zero-order valence-corrected chi connectivity index (χ0v) is 9.71. The quantitative estimate of drug-likeness (QED) is 0.685. The maximum atomic E-state index is 5.83. The average molecular weight is 199 g/mol. The summed E-state index contributed by atoms with van der Waals surface area (Å²) in [5, 5.41) is 0. The molecule has 0 aromatic carbocycles. The summed E-state index contributed by atoms with van der Waals surface area (Å²) in [6.07, 6.45) is 2.74. The summed E-state index contributed by atoms with van der Waals surface area (Å²) in [4.78, 5) is 5.02. The fourth-order valence-electron chi connectivity index (χ4n) is 2.34. The maximum absolute atomic E-state index is 5.83. The third-order valence-corrected chi connectivity index (χ3v) is 3.27. The van der Waals surface area contributed by atoms with Crippen molar-refractivity contribution in [1.82, 2.24) is 9.80 Å². The van der Waals surface area contributed by atoms with Gasteiger partial charge < -0.3 is 10.6 Å². The molecule has 84 valence electrons. The highest BCUT2D eigenvalue weighted by Gasteiger charge is 2.19. The second kappa shape index (κ2) is 6.38. The molecule has 1 heterocycles. The van der Waals surface area contributed by atoms with Crippen molar-refractivity contribution in [2.45, 2.75) is 32.7 Å². The molecule has 0 saturated carbocycles. The molecule has 0 radical (unpaired) electrons. The number of rotatable bonds is 6. The van der Waals surface area contributed by atoms with Crippen LogP contribution in [0.1, 0.15) is 26.7 Å². The Labute approximate surface area is 88.2 Å². The summed E-state index contributed by atoms with van der Waals surface area (Å²) in [7, 11) is 0. The highest BCUT2D eigenvalue weighted by Crippen LogP contribution is 2.09. The Morgan fingerprint density at radius 2 is 1.79 bits per heavy atom. The average Bonchev–Trinajstić information content (AvgIpc) is 2.70. The molecule has 0 aliphatic carbocycles. The molecule has 0 amide bonds. The maximum Gasteiger partial charge on any atom is 0.0345 e. The normalized spacial score (nSPS) is 20.6. The first-order valence-corrected chi connectivity index (χ1v) is 5.98. The van der Waals surface area contributed by atoms with Gasteiger partial charge in [0.2, 0.25) is 0 Å². The molecule has 2 N–H and O–H groups in total. The van der Waals surface area contributed by atoms with E-state index in [1.165, 1.54) is 25.9 Å². The lowest BCUT2D eigenvalue weighted by Gasteiger charge is -2.31. The van der Waals surface area contributed by atoms with Gasteiger partial charge in [-0.25, -0.2) is 0 Å². The van der Waals surface area contributed by atoms with Gasteiger partial charge >= 0.3 is 0 Å². The molecule has 1 unspecified atom stereocenters. The Bertz CT molecular complexity index is 139. The van der Waals surface area contributed by atoms with Crippen LogP contribution in [-0.4, -0.2) is 55.1 Å². The highest BCUT2D eigenvalue weighted by molar-refractivity contribution is 4.77. The lowest BCUT2D eigenvalue weighted by Crippen LogP contribution is -2.47. The molecule has 1 saturated heterocycles. The van der Waals surface area contributed by atoms with E-state index in [0.717, 1.165) is 26.2 Å². The van der Waals surface area contributed by atoms with Crippen LogP contribution in [-0.2, 0) is 0 Å². The number of likely N-dealkylation sites (tertiary alicyclic amines) is 1. The van der Waals surface area contributed by atoms with Crippen molar-refractivity contribution >= 4 is 0 Å². The first kappa shape index (κ1) is 12.0. The summed E-state index contributed by atoms with van der Waals surface area (Å²) in [5.41, 5.74) is 5.83. The third-order valence-electron chi connectivity index (χ3n) is 3.27. The monoisotopic (exact) mass is 199 g/mol. The van der Waals surface area contributed by atoms with E-state index in [1.807, 2.05) is 0 Å². The van der Waals surface area contributed by atoms with Gasteiger partial charge in [0.05, 0.1) is 0 Å². The van der Waals surface area contributed by atoms with Gasteiger partial charge in [0.1, 0.15) is 0 Å². The summed E-state index contributed by atoms with van der Waals surface area (Å²) < 4.78 is 0. The van der Waals surface area contributed by atoms with Crippen LogP contribution in [0.5, 0.6) is 0 Å². The lowest BCUT2D eigenvalue weighted by atomic mass is 10.2. The molecule has 1 aliphatic heterocycles. The van der Waals surface area contributed by atoms with Crippen LogP contribution < -0.4 is 5.73 Å². The third kappa shape index (κ3) is 3.23. The van der Waals surface area contributed by atoms with E-state index in [4.69, 9.17) is 5.73 Å². The van der Waals surface area contributed by atoms with Crippen molar-refractivity contribution < 1.29 is 0 Å². The molecule has 1 aliphatic rings. The fourth-order valence-corrected chi connectivity index (χ4v) is 2.34. The predicted octanol–water partition coefficient (Wildman–Crippen LogP) is 0.751. The Balaban J connectivity index is 2.35. The summed E-state index contributed by atoms with van der Waals surface area (Å²) in [6, 6.07) is 0.558. The Morgan fingerprint density at radius 1 is 1.21 bits per heavy atom. The van der Waals surface area contributed by atoms with Crippen LogP contribution in [0, 0.1) is 0 Å². The van der Waals surface area contributed by atoms with E-state index in [0.29, 0.717) is 6.04 Å². The summed E-state index contributed by atoms with van der Waals surface area (Å²) in [5.74, 6) is 0. The van der Waals surface area contributed by atoms with Crippen molar-refractivity contribution in [2.75, 3.05) is 39.3 Å². The smallest absolute Gasteiger partial charge is 0.0345 e. The van der Waals surface area contributed by atoms with Crippen molar-refractivity contribution in [3.8, 4) is 0 Å². The van der Waals surface area contributed by atoms with Gasteiger partial charge in [-0.15, -0.1) is 0 Å². The van der Waals surface area contributed by atoms with E-state index >= 15 is 0 Å². The largest absolute Gasteiger partial charge is 0.329 e. The first-order valence-electron chi connectivity index (χ1n) is 5.98. The van der Waals surface area contributed by atoms with Gasteiger partial charge in [0.25, 0.3) is 0 Å². The second-order valence-corrected chi connectivity index (χ2v) is 4.12. The first-order chi connectivity index (χ1) is 6.81. The molecule has 0 aromatic heterocycles. The van der Waals surface area contributed by atoms with Crippen LogP contribution >= 0.6 is 0 Å². The van der Waals surface area contributed by atoms with Gasteiger partial charge in [-0.1, -0.05) is 13.8 Å². The van der Waals surface area contributed by atoms with Crippen LogP contribution in [0.15, 0.2) is 0 Å². The molecule has 1 atom stereocenters. The molecule has 3 heteroatoms. The fraction of sp³-hybridized carbons (Fsp3) is 1.00.